The summed E-state index contributed by atoms with van der Waals surface area (Å²) in [6.07, 6.45) is 0. The summed E-state index contributed by atoms with van der Waals surface area (Å²) >= 11 is 0.683. The molecule has 0 fully saturated rings. The molecule has 0 spiro atoms. The molecule has 2 aromatic carbocycles. The molecule has 0 aliphatic carbocycles. The Morgan fingerprint density at radius 1 is 1.03 bits per heavy atom. The SMILES string of the molecule is O=c1sc2ccc(O)cc2n1NC(c1ccc([N+](=O)[O-])cc1)C(P(=O)([O-])O)P(=O)([O-])O.[Na+].[Na+]. The van der Waals surface area contributed by atoms with Gasteiger partial charge in [-0.2, -0.15) is 0 Å². The average Bonchev–Trinajstić information content (AvgIpc) is 2.94. The first-order valence-corrected chi connectivity index (χ1v) is 12.3. The van der Waals surface area contributed by atoms with Gasteiger partial charge in [0.2, 0.25) is 0 Å². The van der Waals surface area contributed by atoms with Gasteiger partial charge in [-0.25, -0.2) is 4.68 Å². The van der Waals surface area contributed by atoms with Crippen molar-refractivity contribution >= 4 is 42.4 Å². The first-order valence-electron chi connectivity index (χ1n) is 8.21. The Morgan fingerprint density at radius 3 is 2.06 bits per heavy atom. The fourth-order valence-corrected chi connectivity index (χ4v) is 6.47. The normalized spacial score (nSPS) is 16.4. The van der Waals surface area contributed by atoms with Gasteiger partial charge in [-0.15, -0.1) is 0 Å². The van der Waals surface area contributed by atoms with Gasteiger partial charge in [-0.05, 0) is 17.7 Å². The third-order valence-electron chi connectivity index (χ3n) is 4.26. The number of phenols is 1. The van der Waals surface area contributed by atoms with Crippen molar-refractivity contribution < 1.29 is 97.8 Å². The van der Waals surface area contributed by atoms with E-state index in [1.807, 2.05) is 0 Å². The molecule has 4 N–H and O–H groups in total. The van der Waals surface area contributed by atoms with Crippen molar-refractivity contribution in [2.45, 2.75) is 11.4 Å². The van der Waals surface area contributed by atoms with E-state index in [1.54, 1.807) is 0 Å². The predicted molar refractivity (Wildman–Crippen MR) is 106 cm³/mol. The molecule has 1 aromatic heterocycles. The van der Waals surface area contributed by atoms with E-state index in [-0.39, 0.29) is 75.9 Å². The number of rotatable bonds is 7. The monoisotopic (exact) mass is 535 g/mol. The molecular formula is C15H13N3Na2O10P2S. The number of aromatic hydroxyl groups is 1. The molecule has 13 nitrogen and oxygen atoms in total. The second-order valence-electron chi connectivity index (χ2n) is 6.35. The van der Waals surface area contributed by atoms with Crippen LogP contribution in [0, 0.1) is 10.1 Å². The smallest absolute Gasteiger partial charge is 0.778 e. The molecule has 33 heavy (non-hydrogen) atoms. The maximum atomic E-state index is 12.4. The van der Waals surface area contributed by atoms with Crippen LogP contribution in [0.15, 0.2) is 47.3 Å². The molecule has 0 saturated carbocycles. The topological polar surface area (TPSA) is 218 Å². The molecular weight excluding hydrogens is 522 g/mol. The fraction of sp³-hybridized carbons (Fsp3) is 0.133. The minimum atomic E-state index is -5.79. The van der Waals surface area contributed by atoms with E-state index in [0.29, 0.717) is 16.0 Å². The molecule has 0 aliphatic heterocycles. The van der Waals surface area contributed by atoms with Gasteiger partial charge in [0.25, 0.3) is 5.69 Å². The number of hydrogen-bond donors (Lipinski definition) is 4. The van der Waals surface area contributed by atoms with Crippen molar-refractivity contribution in [1.29, 1.82) is 0 Å². The molecule has 1 heterocycles. The van der Waals surface area contributed by atoms with Crippen molar-refractivity contribution in [2.75, 3.05) is 5.43 Å². The zero-order chi connectivity index (χ0) is 23.1. The summed E-state index contributed by atoms with van der Waals surface area (Å²) in [7, 11) is -11.6. The van der Waals surface area contributed by atoms with Gasteiger partial charge in [-0.1, -0.05) is 23.5 Å². The third kappa shape index (κ3) is 6.98. The second kappa shape index (κ2) is 11.4. The van der Waals surface area contributed by atoms with Gasteiger partial charge < -0.3 is 39.2 Å². The molecule has 18 heteroatoms. The van der Waals surface area contributed by atoms with Crippen LogP contribution in [0.5, 0.6) is 5.75 Å². The zero-order valence-corrected chi connectivity index (χ0v) is 23.7. The molecule has 3 aromatic rings. The van der Waals surface area contributed by atoms with Crippen LogP contribution >= 0.6 is 26.5 Å². The van der Waals surface area contributed by atoms with Gasteiger partial charge in [-0.3, -0.25) is 14.9 Å². The number of thiazole rings is 1. The van der Waals surface area contributed by atoms with Crippen molar-refractivity contribution in [3.05, 3.63) is 67.8 Å². The Kier molecular flexibility index (Phi) is 10.6. The van der Waals surface area contributed by atoms with E-state index in [0.717, 1.165) is 35.0 Å². The summed E-state index contributed by atoms with van der Waals surface area (Å²) in [5, 5.41) is 17.7. The number of phenolic OH excluding ortho intramolecular Hbond substituents is 1. The number of aromatic nitrogens is 1. The van der Waals surface area contributed by atoms with E-state index < -0.39 is 42.1 Å². The largest absolute Gasteiger partial charge is 1.00 e. The maximum absolute atomic E-state index is 12.4. The maximum Gasteiger partial charge on any atom is 1.00 e. The molecule has 3 unspecified atom stereocenters. The standard InChI is InChI=1S/C15H15N3O10P2S.2Na/c19-10-5-6-12-11(7-10)17(15(20)31-12)16-13(14(29(23,24)25)30(26,27)28)8-1-3-9(4-2-8)18(21)22;;/h1-7,13-14,16,19H,(H2,23,24,25)(H2,26,27,28);;/q;2*+1/p-2. The summed E-state index contributed by atoms with van der Waals surface area (Å²) in [6.45, 7) is 0. The van der Waals surface area contributed by atoms with Crippen LogP contribution in [0.2, 0.25) is 0 Å². The fourth-order valence-electron chi connectivity index (χ4n) is 2.94. The number of benzene rings is 2. The summed E-state index contributed by atoms with van der Waals surface area (Å²) < 4.78 is 24.8. The summed E-state index contributed by atoms with van der Waals surface area (Å²) in [5.41, 5.74) is 1.79. The molecule has 0 radical (unpaired) electrons. The summed E-state index contributed by atoms with van der Waals surface area (Å²) in [6, 6.07) is 5.77. The van der Waals surface area contributed by atoms with Gasteiger partial charge in [0.15, 0.2) is 0 Å². The van der Waals surface area contributed by atoms with Gasteiger partial charge in [0.1, 0.15) is 26.3 Å². The second-order valence-corrected chi connectivity index (χ2v) is 11.1. The Bertz CT molecular complexity index is 1280. The van der Waals surface area contributed by atoms with Gasteiger partial charge in [0, 0.05) is 18.2 Å². The van der Waals surface area contributed by atoms with Crippen LogP contribution in [0.4, 0.5) is 5.69 Å². The average molecular weight is 535 g/mol. The molecule has 0 aliphatic rings. The molecule has 0 amide bonds. The van der Waals surface area contributed by atoms with Crippen LogP contribution in [-0.4, -0.2) is 29.9 Å². The molecule has 0 bridgehead atoms. The van der Waals surface area contributed by atoms with Crippen LogP contribution in [-0.2, 0) is 9.13 Å². The van der Waals surface area contributed by atoms with Gasteiger partial charge in [0.05, 0.1) is 21.2 Å². The van der Waals surface area contributed by atoms with Crippen LogP contribution < -0.4 is 79.2 Å². The Morgan fingerprint density at radius 2 is 1.58 bits per heavy atom. The molecule has 0 saturated heterocycles. The summed E-state index contributed by atoms with van der Waals surface area (Å²) in [5.74, 6) is -0.252. The Hall–Kier alpha value is -0.570. The number of fused-ring (bicyclic) bond motifs is 1. The first-order chi connectivity index (χ1) is 14.3. The Balaban J connectivity index is 0.00000272. The van der Waals surface area contributed by atoms with Crippen LogP contribution in [0.1, 0.15) is 11.6 Å². The zero-order valence-electron chi connectivity index (χ0n) is 17.1. The van der Waals surface area contributed by atoms with E-state index >= 15 is 0 Å². The number of nitrogens with zero attached hydrogens (tertiary/aromatic N) is 2. The number of nitrogens with one attached hydrogen (secondary N) is 1. The third-order valence-corrected chi connectivity index (χ3v) is 8.87. The minimum absolute atomic E-state index is 0. The van der Waals surface area contributed by atoms with E-state index in [9.17, 15) is 48.7 Å². The number of hydrogen-bond acceptors (Lipinski definition) is 10. The molecule has 3 rings (SSSR count). The van der Waals surface area contributed by atoms with E-state index in [2.05, 4.69) is 5.43 Å². The van der Waals surface area contributed by atoms with E-state index in [1.165, 1.54) is 12.1 Å². The quantitative estimate of drug-likeness (QED) is 0.0967. The number of nitro benzene ring substituents is 1. The predicted octanol–water partition coefficient (Wildman–Crippen LogP) is -5.61. The van der Waals surface area contributed by atoms with Crippen molar-refractivity contribution in [3.8, 4) is 5.75 Å². The number of nitro groups is 1. The number of non-ortho nitro benzene ring substituents is 1. The molecule has 166 valence electrons. The first kappa shape index (κ1) is 30.5. The summed E-state index contributed by atoms with van der Waals surface area (Å²) in [4.78, 5) is 64.6. The van der Waals surface area contributed by atoms with E-state index in [4.69, 9.17) is 0 Å². The van der Waals surface area contributed by atoms with Crippen molar-refractivity contribution in [3.63, 3.8) is 0 Å². The molecule has 3 atom stereocenters. The Labute approximate surface area is 233 Å². The van der Waals surface area contributed by atoms with Crippen LogP contribution in [0.3, 0.4) is 0 Å². The van der Waals surface area contributed by atoms with Crippen molar-refractivity contribution in [1.82, 2.24) is 4.68 Å². The minimum Gasteiger partial charge on any atom is -0.778 e. The van der Waals surface area contributed by atoms with Crippen LogP contribution in [0.25, 0.3) is 10.2 Å². The van der Waals surface area contributed by atoms with Crippen molar-refractivity contribution in [2.24, 2.45) is 0 Å². The van der Waals surface area contributed by atoms with Gasteiger partial charge >= 0.3 is 64.0 Å².